The van der Waals surface area contributed by atoms with E-state index in [2.05, 4.69) is 46.0 Å². The van der Waals surface area contributed by atoms with Gasteiger partial charge in [0, 0.05) is 79.9 Å². The number of pyridine rings is 2. The molecule has 22 heteroatoms. The number of anilines is 5. The summed E-state index contributed by atoms with van der Waals surface area (Å²) in [6.07, 6.45) is 7.28. The van der Waals surface area contributed by atoms with Crippen LogP contribution < -0.4 is 31.7 Å². The van der Waals surface area contributed by atoms with E-state index in [1.54, 1.807) is 36.9 Å². The van der Waals surface area contributed by atoms with Crippen molar-refractivity contribution in [2.45, 2.75) is 66.3 Å². The molecule has 4 aromatic heterocycles. The Hall–Kier alpha value is -6.27. The number of fused-ring (bicyclic) bond motifs is 1. The van der Waals surface area contributed by atoms with E-state index in [4.69, 9.17) is 28.7 Å². The van der Waals surface area contributed by atoms with E-state index < -0.39 is 0 Å². The van der Waals surface area contributed by atoms with Crippen LogP contribution in [0.3, 0.4) is 0 Å². The Morgan fingerprint density at radius 2 is 1.39 bits per heavy atom. The van der Waals surface area contributed by atoms with Crippen LogP contribution >= 0.6 is 11.3 Å². The molecule has 1 aliphatic heterocycles. The first kappa shape index (κ1) is 55.5. The van der Waals surface area contributed by atoms with E-state index in [0.29, 0.717) is 130 Å². The predicted octanol–water partition coefficient (Wildman–Crippen LogP) is 5.52. The van der Waals surface area contributed by atoms with Crippen LogP contribution in [0.15, 0.2) is 47.5 Å². The number of hydrogen-bond acceptors (Lipinski definition) is 19. The second kappa shape index (κ2) is 27.9. The van der Waals surface area contributed by atoms with Crippen molar-refractivity contribution in [3.63, 3.8) is 0 Å². The highest BCUT2D eigenvalue weighted by atomic mass is 32.1. The minimum absolute atomic E-state index is 0.00329. The van der Waals surface area contributed by atoms with Gasteiger partial charge >= 0.3 is 0 Å². The highest BCUT2D eigenvalue weighted by molar-refractivity contribution is 7.16. The largest absolute Gasteiger partial charge is 0.383 e. The van der Waals surface area contributed by atoms with Gasteiger partial charge in [-0.3, -0.25) is 38.8 Å². The lowest BCUT2D eigenvalue weighted by Crippen LogP contribution is -2.49. The van der Waals surface area contributed by atoms with Gasteiger partial charge in [0.2, 0.25) is 11.9 Å². The average Bonchev–Trinajstić information content (AvgIpc) is 4.05. The smallest absolute Gasteiger partial charge is 0.263 e. The SMILES string of the molecule is CC(=O)c1nc(NC(=O)c2ccc(NCCOCCOCCOCCOCCOCCNC(=O)CN3CCN(c4ccc(Nc5ncc6c(C)c(C(C)=O)c(=O)n(C7CCCC7)c6n5)nc4)CC3)cc2C)sc1C. The summed E-state index contributed by atoms with van der Waals surface area (Å²) >= 11 is 1.28. The van der Waals surface area contributed by atoms with Gasteiger partial charge in [0.25, 0.3) is 11.5 Å². The molecule has 0 atom stereocenters. The van der Waals surface area contributed by atoms with Gasteiger partial charge in [-0.1, -0.05) is 12.8 Å². The third kappa shape index (κ3) is 15.6. The minimum atomic E-state index is -0.286. The van der Waals surface area contributed by atoms with Crippen molar-refractivity contribution in [2.24, 2.45) is 0 Å². The van der Waals surface area contributed by atoms with Gasteiger partial charge in [-0.15, -0.1) is 11.3 Å². The molecule has 21 nitrogen and oxygen atoms in total. The zero-order valence-electron chi connectivity index (χ0n) is 43.1. The molecule has 7 rings (SSSR count). The molecule has 74 heavy (non-hydrogen) atoms. The Morgan fingerprint density at radius 1 is 0.743 bits per heavy atom. The second-order valence-electron chi connectivity index (χ2n) is 18.2. The van der Waals surface area contributed by atoms with Gasteiger partial charge in [0.05, 0.1) is 90.1 Å². The van der Waals surface area contributed by atoms with Gasteiger partial charge in [0.1, 0.15) is 17.2 Å². The Morgan fingerprint density at radius 3 is 1.99 bits per heavy atom. The Balaban J connectivity index is 0.658. The molecule has 2 amide bonds. The van der Waals surface area contributed by atoms with Gasteiger partial charge < -0.3 is 44.5 Å². The van der Waals surface area contributed by atoms with Crippen LogP contribution in [0.4, 0.5) is 28.3 Å². The molecule has 1 saturated carbocycles. The number of piperazine rings is 1. The number of ketones is 2. The second-order valence-corrected chi connectivity index (χ2v) is 19.4. The van der Waals surface area contributed by atoms with E-state index in [0.717, 1.165) is 73.7 Å². The van der Waals surface area contributed by atoms with E-state index in [-0.39, 0.29) is 40.5 Å². The first-order valence-electron chi connectivity index (χ1n) is 25.3. The number of nitrogens with zero attached hydrogens (tertiary/aromatic N) is 7. The molecular formula is C52H69N11O10S. The summed E-state index contributed by atoms with van der Waals surface area (Å²) in [5, 5.41) is 13.3. The van der Waals surface area contributed by atoms with Crippen molar-refractivity contribution in [2.75, 3.05) is 133 Å². The molecule has 1 saturated heterocycles. The number of benzene rings is 1. The number of ether oxygens (including phenoxy) is 5. The molecule has 2 fully saturated rings. The Labute approximate surface area is 435 Å². The molecule has 0 spiro atoms. The first-order valence-corrected chi connectivity index (χ1v) is 26.1. The molecule has 1 aromatic carbocycles. The topological polar surface area (TPSA) is 243 Å². The highest BCUT2D eigenvalue weighted by Crippen LogP contribution is 2.32. The van der Waals surface area contributed by atoms with Crippen LogP contribution in [0.5, 0.6) is 0 Å². The quantitative estimate of drug-likeness (QED) is 0.0340. The number of rotatable bonds is 29. The number of hydrogen-bond donors (Lipinski definition) is 4. The number of nitrogens with one attached hydrogen (secondary N) is 4. The molecule has 5 aromatic rings. The van der Waals surface area contributed by atoms with Gasteiger partial charge in [-0.05, 0) is 82.0 Å². The molecular weight excluding hydrogens is 971 g/mol. The first-order chi connectivity index (χ1) is 35.9. The van der Waals surface area contributed by atoms with E-state index in [1.807, 2.05) is 31.2 Å². The summed E-state index contributed by atoms with van der Waals surface area (Å²) in [7, 11) is 0. The van der Waals surface area contributed by atoms with Crippen LogP contribution in [0.2, 0.25) is 0 Å². The monoisotopic (exact) mass is 1040 g/mol. The maximum atomic E-state index is 13.6. The van der Waals surface area contributed by atoms with Gasteiger partial charge in [-0.25, -0.2) is 15.0 Å². The molecule has 0 bridgehead atoms. The lowest BCUT2D eigenvalue weighted by molar-refractivity contribution is -0.122. The number of aromatic nitrogens is 5. The number of aryl methyl sites for hydroxylation is 3. The van der Waals surface area contributed by atoms with Crippen LogP contribution in [0.1, 0.15) is 92.8 Å². The fourth-order valence-electron chi connectivity index (χ4n) is 8.97. The van der Waals surface area contributed by atoms with E-state index in [9.17, 15) is 24.0 Å². The standard InChI is InChI=1S/C52H69N11O10S/c1-34-30-39(10-12-42(34)49(67)60-52-58-47(37(4)65)38(5)74-52)53-14-20-69-22-24-71-26-28-73-29-27-72-25-23-70-21-15-54-45(66)33-61-16-18-62(19-17-61)41-11-13-44(55-31-41)57-51-56-32-43-35(2)46(36(3)64)50(68)63(48(43)59-51)40-8-6-7-9-40/h10-13,30-32,40,53H,6-9,14-29,33H2,1-5H3,(H,54,66)(H,58,60,67)(H,55,56,57,59). The molecule has 0 unspecified atom stereocenters. The summed E-state index contributed by atoms with van der Waals surface area (Å²) in [6, 6.07) is 9.36. The maximum absolute atomic E-state index is 13.6. The molecule has 2 aliphatic rings. The summed E-state index contributed by atoms with van der Waals surface area (Å²) in [5.74, 6) is 0.185. The lowest BCUT2D eigenvalue weighted by atomic mass is 10.0. The van der Waals surface area contributed by atoms with Crippen LogP contribution in [0.25, 0.3) is 11.0 Å². The summed E-state index contributed by atoms with van der Waals surface area (Å²) in [6.45, 7) is 17.0. The fourth-order valence-corrected chi connectivity index (χ4v) is 9.83. The number of amides is 2. The summed E-state index contributed by atoms with van der Waals surface area (Å²) in [4.78, 5) is 86.4. The third-order valence-corrected chi connectivity index (χ3v) is 13.7. The molecule has 0 radical (unpaired) electrons. The number of carbonyl (C=O) groups excluding carboxylic acids is 4. The number of Topliss-reactive ketones (excluding diaryl/α,β-unsaturated/α-hetero) is 2. The molecule has 1 aliphatic carbocycles. The normalized spacial score (nSPS) is 14.1. The van der Waals surface area contributed by atoms with Gasteiger partial charge in [-0.2, -0.15) is 4.98 Å². The molecule has 4 N–H and O–H groups in total. The summed E-state index contributed by atoms with van der Waals surface area (Å²) in [5.41, 5.74) is 4.61. The van der Waals surface area contributed by atoms with Crippen molar-refractivity contribution >= 4 is 74.0 Å². The summed E-state index contributed by atoms with van der Waals surface area (Å²) < 4.78 is 29.7. The van der Waals surface area contributed by atoms with Crippen molar-refractivity contribution in [1.82, 2.24) is 34.7 Å². The van der Waals surface area contributed by atoms with E-state index >= 15 is 0 Å². The average molecular weight is 1040 g/mol. The number of thiazole rings is 1. The van der Waals surface area contributed by atoms with Gasteiger partial charge in [0.15, 0.2) is 16.7 Å². The highest BCUT2D eigenvalue weighted by Gasteiger charge is 2.26. The van der Waals surface area contributed by atoms with Crippen molar-refractivity contribution in [3.8, 4) is 0 Å². The fraction of sp³-hybridized carbons (Fsp3) is 0.519. The van der Waals surface area contributed by atoms with Crippen LogP contribution in [-0.4, -0.2) is 165 Å². The maximum Gasteiger partial charge on any atom is 0.263 e. The zero-order valence-corrected chi connectivity index (χ0v) is 43.9. The third-order valence-electron chi connectivity index (χ3n) is 12.8. The van der Waals surface area contributed by atoms with Crippen LogP contribution in [-0.2, 0) is 28.5 Å². The Kier molecular flexibility index (Phi) is 20.9. The molecule has 398 valence electrons. The van der Waals surface area contributed by atoms with Crippen molar-refractivity contribution in [1.29, 1.82) is 0 Å². The predicted molar refractivity (Wildman–Crippen MR) is 284 cm³/mol. The van der Waals surface area contributed by atoms with Crippen LogP contribution in [0, 0.1) is 20.8 Å². The minimum Gasteiger partial charge on any atom is -0.383 e. The Bertz CT molecular complexity index is 2760. The lowest BCUT2D eigenvalue weighted by Gasteiger charge is -2.35. The van der Waals surface area contributed by atoms with Crippen molar-refractivity contribution < 1.29 is 42.9 Å². The zero-order chi connectivity index (χ0) is 52.4. The van der Waals surface area contributed by atoms with Crippen molar-refractivity contribution in [3.05, 3.63) is 85.9 Å². The van der Waals surface area contributed by atoms with E-state index in [1.165, 1.54) is 25.2 Å². The number of carbonyl (C=O) groups is 4. The molecule has 5 heterocycles.